The van der Waals surface area contributed by atoms with Crippen LogP contribution in [-0.4, -0.2) is 60.1 Å². The molecule has 1 aromatic carbocycles. The minimum Gasteiger partial charge on any atom is -0.493 e. The number of nitrogens with zero attached hydrogens (tertiary/aromatic N) is 2. The van der Waals surface area contributed by atoms with E-state index in [1.165, 1.54) is 7.05 Å². The third-order valence-corrected chi connectivity index (χ3v) is 5.24. The maximum Gasteiger partial charge on any atom is 0.324 e. The molecular weight excluding hydrogens is 360 g/mol. The van der Waals surface area contributed by atoms with Gasteiger partial charge in [-0.15, -0.1) is 0 Å². The van der Waals surface area contributed by atoms with Crippen molar-refractivity contribution < 1.29 is 19.1 Å². The number of hydrogen-bond donors (Lipinski definition) is 2. The number of carbonyl (C=O) groups is 3. The Kier molecular flexibility index (Phi) is 5.76. The van der Waals surface area contributed by atoms with E-state index in [1.807, 2.05) is 24.3 Å². The van der Waals surface area contributed by atoms with Crippen molar-refractivity contribution in [1.82, 2.24) is 20.4 Å². The van der Waals surface area contributed by atoms with Gasteiger partial charge in [0, 0.05) is 32.2 Å². The van der Waals surface area contributed by atoms with E-state index in [-0.39, 0.29) is 18.0 Å². The topological polar surface area (TPSA) is 91.0 Å². The van der Waals surface area contributed by atoms with E-state index in [1.54, 1.807) is 4.90 Å². The summed E-state index contributed by atoms with van der Waals surface area (Å²) in [5.74, 6) is 0.978. The maximum absolute atomic E-state index is 12.6. The number of carbonyl (C=O) groups excluding carboxylic acids is 3. The van der Waals surface area contributed by atoms with Crippen molar-refractivity contribution in [1.29, 1.82) is 0 Å². The molecule has 2 heterocycles. The zero-order valence-corrected chi connectivity index (χ0v) is 16.7. The van der Waals surface area contributed by atoms with E-state index in [0.717, 1.165) is 16.2 Å². The number of para-hydroxylation sites is 1. The van der Waals surface area contributed by atoms with Gasteiger partial charge >= 0.3 is 12.1 Å². The fourth-order valence-electron chi connectivity index (χ4n) is 3.52. The van der Waals surface area contributed by atoms with Gasteiger partial charge in [-0.05, 0) is 24.8 Å². The number of hydrogen-bond acceptors (Lipinski definition) is 4. The zero-order valence-electron chi connectivity index (χ0n) is 16.7. The van der Waals surface area contributed by atoms with Gasteiger partial charge in [0.25, 0.3) is 5.91 Å². The second kappa shape index (κ2) is 8.08. The smallest absolute Gasteiger partial charge is 0.324 e. The number of urea groups is 2. The van der Waals surface area contributed by atoms with Crippen LogP contribution in [0.3, 0.4) is 0 Å². The van der Waals surface area contributed by atoms with Crippen molar-refractivity contribution in [2.75, 3.05) is 26.7 Å². The van der Waals surface area contributed by atoms with Crippen LogP contribution < -0.4 is 15.4 Å². The van der Waals surface area contributed by atoms with Crippen LogP contribution in [0.25, 0.3) is 0 Å². The normalized spacial score (nSPS) is 18.6. The van der Waals surface area contributed by atoms with Gasteiger partial charge in [0.1, 0.15) is 11.3 Å². The molecule has 0 aromatic heterocycles. The Labute approximate surface area is 165 Å². The first-order valence-corrected chi connectivity index (χ1v) is 9.66. The summed E-state index contributed by atoms with van der Waals surface area (Å²) in [5.41, 5.74) is 0.0599. The first-order valence-electron chi connectivity index (χ1n) is 9.66. The van der Waals surface area contributed by atoms with Crippen molar-refractivity contribution in [3.63, 3.8) is 0 Å². The molecule has 8 nitrogen and oxygen atoms in total. The van der Waals surface area contributed by atoms with Crippen LogP contribution in [0.15, 0.2) is 24.3 Å². The number of likely N-dealkylation sites (tertiary alicyclic amines) is 1. The predicted molar refractivity (Wildman–Crippen MR) is 104 cm³/mol. The summed E-state index contributed by atoms with van der Waals surface area (Å²) < 4.78 is 5.82. The average molecular weight is 388 g/mol. The quantitative estimate of drug-likeness (QED) is 0.755. The van der Waals surface area contributed by atoms with Gasteiger partial charge in [0.05, 0.1) is 6.61 Å². The predicted octanol–water partition coefficient (Wildman–Crippen LogP) is 1.95. The number of amides is 5. The molecule has 152 valence electrons. The van der Waals surface area contributed by atoms with E-state index in [2.05, 4.69) is 24.5 Å². The van der Waals surface area contributed by atoms with Gasteiger partial charge in [0.15, 0.2) is 0 Å². The van der Waals surface area contributed by atoms with Crippen LogP contribution in [0.2, 0.25) is 0 Å². The molecule has 0 bridgehead atoms. The Morgan fingerprint density at radius 3 is 2.54 bits per heavy atom. The molecule has 5 amide bonds. The van der Waals surface area contributed by atoms with Crippen LogP contribution in [0.1, 0.15) is 32.3 Å². The van der Waals surface area contributed by atoms with Crippen LogP contribution in [0.5, 0.6) is 5.75 Å². The van der Waals surface area contributed by atoms with Gasteiger partial charge in [-0.1, -0.05) is 32.0 Å². The van der Waals surface area contributed by atoms with E-state index in [0.29, 0.717) is 45.0 Å². The molecule has 0 atom stereocenters. The van der Waals surface area contributed by atoms with Gasteiger partial charge < -0.3 is 20.3 Å². The van der Waals surface area contributed by atoms with Crippen molar-refractivity contribution in [2.24, 2.45) is 5.92 Å². The van der Waals surface area contributed by atoms with Crippen LogP contribution >= 0.6 is 0 Å². The molecular formula is C20H28N4O4. The molecule has 2 aliphatic heterocycles. The number of ether oxygens (including phenoxy) is 1. The molecule has 8 heteroatoms. The van der Waals surface area contributed by atoms with Crippen molar-refractivity contribution in [3.05, 3.63) is 29.8 Å². The first kappa shape index (κ1) is 20.0. The van der Waals surface area contributed by atoms with Crippen molar-refractivity contribution in [3.8, 4) is 5.75 Å². The summed E-state index contributed by atoms with van der Waals surface area (Å²) in [6.07, 6.45) is 0.840. The van der Waals surface area contributed by atoms with E-state index in [9.17, 15) is 14.4 Å². The summed E-state index contributed by atoms with van der Waals surface area (Å²) in [6.45, 7) is 5.99. The maximum atomic E-state index is 12.6. The van der Waals surface area contributed by atoms with Crippen molar-refractivity contribution in [2.45, 2.75) is 38.8 Å². The molecule has 2 N–H and O–H groups in total. The molecule has 1 aromatic rings. The Morgan fingerprint density at radius 1 is 1.25 bits per heavy atom. The summed E-state index contributed by atoms with van der Waals surface area (Å²) in [5, 5.41) is 5.71. The Balaban J connectivity index is 1.53. The molecule has 2 fully saturated rings. The lowest BCUT2D eigenvalue weighted by Gasteiger charge is -2.37. The summed E-state index contributed by atoms with van der Waals surface area (Å²) >= 11 is 0. The Morgan fingerprint density at radius 2 is 1.93 bits per heavy atom. The highest BCUT2D eigenvalue weighted by atomic mass is 16.5. The summed E-state index contributed by atoms with van der Waals surface area (Å²) in [7, 11) is 1.48. The van der Waals surface area contributed by atoms with E-state index >= 15 is 0 Å². The molecule has 2 saturated heterocycles. The molecule has 3 rings (SSSR count). The molecule has 1 spiro atoms. The second-order valence-corrected chi connectivity index (χ2v) is 7.83. The number of benzene rings is 1. The number of nitrogens with one attached hydrogen (secondary N) is 2. The van der Waals surface area contributed by atoms with Crippen LogP contribution in [0, 0.1) is 5.92 Å². The monoisotopic (exact) mass is 388 g/mol. The molecule has 0 unspecified atom stereocenters. The van der Waals surface area contributed by atoms with Gasteiger partial charge in [0.2, 0.25) is 0 Å². The minimum atomic E-state index is -0.861. The molecule has 2 aliphatic rings. The number of piperidine rings is 1. The van der Waals surface area contributed by atoms with E-state index in [4.69, 9.17) is 4.74 Å². The summed E-state index contributed by atoms with van der Waals surface area (Å²) in [6, 6.07) is 7.11. The van der Waals surface area contributed by atoms with E-state index < -0.39 is 5.54 Å². The highest BCUT2D eigenvalue weighted by molar-refractivity contribution is 6.06. The number of rotatable bonds is 5. The van der Waals surface area contributed by atoms with Gasteiger partial charge in [-0.2, -0.15) is 0 Å². The van der Waals surface area contributed by atoms with Gasteiger partial charge in [-0.25, -0.2) is 9.59 Å². The number of likely N-dealkylation sites (N-methyl/N-ethyl adjacent to an activating group) is 1. The third kappa shape index (κ3) is 4.05. The largest absolute Gasteiger partial charge is 0.493 e. The molecule has 0 radical (unpaired) electrons. The minimum absolute atomic E-state index is 0.182. The first-order chi connectivity index (χ1) is 13.3. The Bertz CT molecular complexity index is 756. The van der Waals surface area contributed by atoms with Crippen molar-refractivity contribution >= 4 is 18.0 Å². The van der Waals surface area contributed by atoms with Gasteiger partial charge in [-0.3, -0.25) is 9.69 Å². The lowest BCUT2D eigenvalue weighted by Crippen LogP contribution is -2.57. The zero-order chi connectivity index (χ0) is 20.3. The molecule has 28 heavy (non-hydrogen) atoms. The molecule has 0 aliphatic carbocycles. The highest BCUT2D eigenvalue weighted by Crippen LogP contribution is 2.28. The lowest BCUT2D eigenvalue weighted by atomic mass is 9.87. The van der Waals surface area contributed by atoms with Crippen LogP contribution in [-0.2, 0) is 11.3 Å². The summed E-state index contributed by atoms with van der Waals surface area (Å²) in [4.78, 5) is 39.4. The average Bonchev–Trinajstić information content (AvgIpc) is 2.89. The fraction of sp³-hybridized carbons (Fsp3) is 0.550. The fourth-order valence-corrected chi connectivity index (χ4v) is 3.52. The third-order valence-electron chi connectivity index (χ3n) is 5.24. The second-order valence-electron chi connectivity index (χ2n) is 7.83. The lowest BCUT2D eigenvalue weighted by molar-refractivity contribution is -0.131. The Hall–Kier alpha value is -2.77. The molecule has 0 saturated carbocycles. The number of imide groups is 1. The highest BCUT2D eigenvalue weighted by Gasteiger charge is 2.51. The van der Waals surface area contributed by atoms with Crippen LogP contribution in [0.4, 0.5) is 9.59 Å². The SMILES string of the molecule is CC(C)COc1ccccc1CNC(=O)N1CCC2(CC1)NC(=O)N(C)C2=O. The standard InChI is InChI=1S/C20H28N4O4/c1-14(2)13-28-16-7-5-4-6-15(16)12-21-18(26)24-10-8-20(9-11-24)17(25)23(3)19(27)22-20/h4-7,14H,8-13H2,1-3H3,(H,21,26)(H,22,27).